The topological polar surface area (TPSA) is 91.8 Å². The monoisotopic (exact) mass is 389 g/mol. The molecule has 4 unspecified atom stereocenters. The SMILES string of the molecule is CC1(OC2CCC3NNC(c4cc(N5CCO[C@@H](CO)C5)ncn4)C3C2)CC1. The van der Waals surface area contributed by atoms with Gasteiger partial charge in [0, 0.05) is 31.1 Å². The molecule has 28 heavy (non-hydrogen) atoms. The zero-order valence-electron chi connectivity index (χ0n) is 16.5. The zero-order valence-corrected chi connectivity index (χ0v) is 16.5. The summed E-state index contributed by atoms with van der Waals surface area (Å²) in [5.74, 6) is 1.38. The Hall–Kier alpha value is -1.32. The third kappa shape index (κ3) is 3.76. The summed E-state index contributed by atoms with van der Waals surface area (Å²) in [6.45, 7) is 4.32. The van der Waals surface area contributed by atoms with E-state index in [1.807, 2.05) is 0 Å². The van der Waals surface area contributed by atoms with Gasteiger partial charge >= 0.3 is 0 Å². The van der Waals surface area contributed by atoms with E-state index in [9.17, 15) is 5.11 Å². The van der Waals surface area contributed by atoms with Crippen LogP contribution in [0.3, 0.4) is 0 Å². The first-order valence-corrected chi connectivity index (χ1v) is 10.6. The van der Waals surface area contributed by atoms with Gasteiger partial charge in [-0.3, -0.25) is 5.43 Å². The van der Waals surface area contributed by atoms with E-state index in [0.29, 0.717) is 31.2 Å². The summed E-state index contributed by atoms with van der Waals surface area (Å²) in [6.07, 6.45) is 7.58. The molecule has 5 rings (SSSR count). The van der Waals surface area contributed by atoms with E-state index in [0.717, 1.165) is 37.3 Å². The quantitative estimate of drug-likeness (QED) is 0.685. The number of nitrogens with one attached hydrogen (secondary N) is 2. The first kappa shape index (κ1) is 18.7. The van der Waals surface area contributed by atoms with Crippen LogP contribution in [0.25, 0.3) is 0 Å². The first-order valence-electron chi connectivity index (χ1n) is 10.6. The number of aliphatic hydroxyl groups is 1. The van der Waals surface area contributed by atoms with Gasteiger partial charge in [-0.1, -0.05) is 0 Å². The highest BCUT2D eigenvalue weighted by molar-refractivity contribution is 5.40. The average molecular weight is 390 g/mol. The van der Waals surface area contributed by atoms with Crippen LogP contribution < -0.4 is 15.8 Å². The van der Waals surface area contributed by atoms with Crippen LogP contribution in [0.15, 0.2) is 12.4 Å². The number of hydrogen-bond donors (Lipinski definition) is 3. The van der Waals surface area contributed by atoms with E-state index >= 15 is 0 Å². The van der Waals surface area contributed by atoms with Crippen LogP contribution >= 0.6 is 0 Å². The lowest BCUT2D eigenvalue weighted by Crippen LogP contribution is -2.44. The molecule has 3 heterocycles. The predicted octanol–water partition coefficient (Wildman–Crippen LogP) is 0.929. The molecule has 0 bridgehead atoms. The van der Waals surface area contributed by atoms with Crippen LogP contribution in [-0.4, -0.2) is 65.2 Å². The van der Waals surface area contributed by atoms with Gasteiger partial charge in [-0.25, -0.2) is 15.4 Å². The highest BCUT2D eigenvalue weighted by Gasteiger charge is 2.46. The second-order valence-electron chi connectivity index (χ2n) is 8.96. The van der Waals surface area contributed by atoms with Crippen LogP contribution in [0.5, 0.6) is 0 Å². The normalized spacial score (nSPS) is 36.9. The maximum atomic E-state index is 9.41. The van der Waals surface area contributed by atoms with Gasteiger partial charge in [0.2, 0.25) is 0 Å². The smallest absolute Gasteiger partial charge is 0.132 e. The zero-order chi connectivity index (χ0) is 19.1. The fourth-order valence-electron chi connectivity index (χ4n) is 4.86. The molecule has 3 N–H and O–H groups in total. The Morgan fingerprint density at radius 1 is 1.32 bits per heavy atom. The Labute approximate surface area is 166 Å². The van der Waals surface area contributed by atoms with Gasteiger partial charge in [-0.05, 0) is 39.0 Å². The Kier molecular flexibility index (Phi) is 5.00. The number of hydrogen-bond acceptors (Lipinski definition) is 8. The second-order valence-corrected chi connectivity index (χ2v) is 8.96. The van der Waals surface area contributed by atoms with Crippen molar-refractivity contribution >= 4 is 5.82 Å². The summed E-state index contributed by atoms with van der Waals surface area (Å²) in [4.78, 5) is 11.3. The molecule has 4 fully saturated rings. The van der Waals surface area contributed by atoms with Crippen molar-refractivity contribution in [2.75, 3.05) is 31.2 Å². The van der Waals surface area contributed by atoms with E-state index in [1.54, 1.807) is 6.33 Å². The maximum Gasteiger partial charge on any atom is 0.132 e. The van der Waals surface area contributed by atoms with Crippen molar-refractivity contribution in [2.24, 2.45) is 5.92 Å². The van der Waals surface area contributed by atoms with Crippen molar-refractivity contribution in [3.05, 3.63) is 18.1 Å². The lowest BCUT2D eigenvalue weighted by atomic mass is 9.79. The molecule has 2 aliphatic carbocycles. The van der Waals surface area contributed by atoms with E-state index in [1.165, 1.54) is 12.8 Å². The molecule has 8 heteroatoms. The third-order valence-electron chi connectivity index (χ3n) is 6.77. The maximum absolute atomic E-state index is 9.41. The number of ether oxygens (including phenoxy) is 2. The van der Waals surface area contributed by atoms with Crippen molar-refractivity contribution in [3.63, 3.8) is 0 Å². The standard InChI is InChI=1S/C20H31N5O3/c1-20(4-5-20)28-13-2-3-16-15(8-13)19(24-23-16)17-9-18(22-12-21-17)25-6-7-27-14(10-25)11-26/h9,12-16,19,23-24,26H,2-8,10-11H2,1H3/t13?,14-,15?,16?,19?/m1/s1. The number of morpholine rings is 1. The lowest BCUT2D eigenvalue weighted by molar-refractivity contribution is -0.0500. The Balaban J connectivity index is 1.30. The van der Waals surface area contributed by atoms with Gasteiger partial charge < -0.3 is 19.5 Å². The number of nitrogens with zero attached hydrogens (tertiary/aromatic N) is 3. The number of fused-ring (bicyclic) bond motifs is 1. The molecular weight excluding hydrogens is 358 g/mol. The van der Waals surface area contributed by atoms with E-state index < -0.39 is 0 Å². The van der Waals surface area contributed by atoms with Crippen molar-refractivity contribution in [3.8, 4) is 0 Å². The summed E-state index contributed by atoms with van der Waals surface area (Å²) in [5.41, 5.74) is 8.13. The predicted molar refractivity (Wildman–Crippen MR) is 104 cm³/mol. The number of aromatic nitrogens is 2. The molecule has 1 aromatic heterocycles. The van der Waals surface area contributed by atoms with Crippen molar-refractivity contribution < 1.29 is 14.6 Å². The highest BCUT2D eigenvalue weighted by atomic mass is 16.5. The fourth-order valence-corrected chi connectivity index (χ4v) is 4.86. The number of anilines is 1. The number of rotatable bonds is 5. The average Bonchev–Trinajstić information content (AvgIpc) is 3.30. The minimum Gasteiger partial charge on any atom is -0.394 e. The Bertz CT molecular complexity index is 700. The largest absolute Gasteiger partial charge is 0.394 e. The van der Waals surface area contributed by atoms with Gasteiger partial charge in [0.25, 0.3) is 0 Å². The molecular formula is C20H31N5O3. The molecule has 2 aliphatic heterocycles. The fraction of sp³-hybridized carbons (Fsp3) is 0.800. The molecule has 0 radical (unpaired) electrons. The minimum atomic E-state index is -0.150. The van der Waals surface area contributed by atoms with Gasteiger partial charge in [0.15, 0.2) is 0 Å². The molecule has 4 aliphatic rings. The van der Waals surface area contributed by atoms with Gasteiger partial charge in [0.05, 0.1) is 42.8 Å². The number of aliphatic hydroxyl groups excluding tert-OH is 1. The first-order chi connectivity index (χ1) is 13.6. The molecule has 0 aromatic carbocycles. The van der Waals surface area contributed by atoms with E-state index in [2.05, 4.69) is 38.7 Å². The highest BCUT2D eigenvalue weighted by Crippen LogP contribution is 2.45. The summed E-state index contributed by atoms with van der Waals surface area (Å²) in [7, 11) is 0. The van der Waals surface area contributed by atoms with Crippen molar-refractivity contribution in [1.29, 1.82) is 0 Å². The number of hydrazine groups is 1. The summed E-state index contributed by atoms with van der Waals surface area (Å²) >= 11 is 0. The summed E-state index contributed by atoms with van der Waals surface area (Å²) in [5, 5.41) is 9.41. The van der Waals surface area contributed by atoms with Gasteiger partial charge in [-0.2, -0.15) is 0 Å². The van der Waals surface area contributed by atoms with Crippen molar-refractivity contribution in [2.45, 2.75) is 68.9 Å². The molecule has 8 nitrogen and oxygen atoms in total. The minimum absolute atomic E-state index is 0.0343. The van der Waals surface area contributed by atoms with Gasteiger partial charge in [0.1, 0.15) is 12.1 Å². The Morgan fingerprint density at radius 2 is 2.21 bits per heavy atom. The van der Waals surface area contributed by atoms with E-state index in [4.69, 9.17) is 9.47 Å². The molecule has 2 saturated heterocycles. The molecule has 2 saturated carbocycles. The van der Waals surface area contributed by atoms with Crippen LogP contribution in [0, 0.1) is 5.92 Å². The third-order valence-corrected chi connectivity index (χ3v) is 6.77. The Morgan fingerprint density at radius 3 is 3.04 bits per heavy atom. The molecule has 154 valence electrons. The van der Waals surface area contributed by atoms with Crippen LogP contribution in [0.1, 0.15) is 50.8 Å². The van der Waals surface area contributed by atoms with E-state index in [-0.39, 0.29) is 24.4 Å². The lowest BCUT2D eigenvalue weighted by Gasteiger charge is -2.35. The molecule has 5 atom stereocenters. The van der Waals surface area contributed by atoms with Crippen LogP contribution in [0.2, 0.25) is 0 Å². The molecule has 1 aromatic rings. The van der Waals surface area contributed by atoms with Gasteiger partial charge in [-0.15, -0.1) is 0 Å². The summed E-state index contributed by atoms with van der Waals surface area (Å²) < 4.78 is 12.0. The van der Waals surface area contributed by atoms with Crippen molar-refractivity contribution in [1.82, 2.24) is 20.8 Å². The second kappa shape index (κ2) is 7.50. The molecule has 0 amide bonds. The van der Waals surface area contributed by atoms with Crippen LogP contribution in [0.4, 0.5) is 5.82 Å². The molecule has 0 spiro atoms. The van der Waals surface area contributed by atoms with Crippen LogP contribution in [-0.2, 0) is 9.47 Å². The summed E-state index contributed by atoms with van der Waals surface area (Å²) in [6, 6.07) is 2.73.